The number of hydrogen-bond donors (Lipinski definition) is 1. The Morgan fingerprint density at radius 2 is 2.00 bits per heavy atom. The Morgan fingerprint density at radius 3 is 2.61 bits per heavy atom. The van der Waals surface area contributed by atoms with Crippen LogP contribution in [0.25, 0.3) is 0 Å². The van der Waals surface area contributed by atoms with Gasteiger partial charge in [-0.3, -0.25) is 4.79 Å². The molecule has 0 aromatic carbocycles. The minimum absolute atomic E-state index is 0.00838. The van der Waals surface area contributed by atoms with Crippen LogP contribution in [0, 0.1) is 5.92 Å². The second-order valence-corrected chi connectivity index (χ2v) is 7.53. The van der Waals surface area contributed by atoms with Crippen molar-refractivity contribution < 1.29 is 13.2 Å². The lowest BCUT2D eigenvalue weighted by Crippen LogP contribution is -2.46. The van der Waals surface area contributed by atoms with E-state index in [1.165, 1.54) is 10.7 Å². The quantitative estimate of drug-likeness (QED) is 0.824. The third kappa shape index (κ3) is 3.23. The van der Waals surface area contributed by atoms with Gasteiger partial charge in [0.1, 0.15) is 0 Å². The summed E-state index contributed by atoms with van der Waals surface area (Å²) in [5.74, 6) is 0.525. The largest absolute Gasteiger partial charge is 0.352 e. The number of sulfonamides is 1. The van der Waals surface area contributed by atoms with Crippen LogP contribution in [0.3, 0.4) is 0 Å². The van der Waals surface area contributed by atoms with E-state index in [0.29, 0.717) is 18.9 Å². The smallest absolute Gasteiger partial charge is 0.235 e. The van der Waals surface area contributed by atoms with Gasteiger partial charge in [-0.2, -0.15) is 4.31 Å². The van der Waals surface area contributed by atoms with Gasteiger partial charge < -0.3 is 5.32 Å². The van der Waals surface area contributed by atoms with Crippen LogP contribution in [0.15, 0.2) is 0 Å². The highest BCUT2D eigenvalue weighted by atomic mass is 32.2. The molecule has 1 saturated carbocycles. The van der Waals surface area contributed by atoms with E-state index in [2.05, 4.69) is 12.2 Å². The second kappa shape index (κ2) is 5.57. The van der Waals surface area contributed by atoms with Crippen LogP contribution in [-0.2, 0) is 14.8 Å². The van der Waals surface area contributed by atoms with Crippen molar-refractivity contribution in [2.75, 3.05) is 18.8 Å². The molecule has 1 aliphatic heterocycles. The first-order chi connectivity index (χ1) is 8.49. The van der Waals surface area contributed by atoms with Crippen molar-refractivity contribution in [2.24, 2.45) is 5.92 Å². The van der Waals surface area contributed by atoms with Gasteiger partial charge in [0.2, 0.25) is 15.9 Å². The normalized spacial score (nSPS) is 32.3. The molecule has 0 spiro atoms. The molecule has 6 heteroatoms. The van der Waals surface area contributed by atoms with E-state index in [-0.39, 0.29) is 24.2 Å². The molecule has 1 aliphatic carbocycles. The summed E-state index contributed by atoms with van der Waals surface area (Å²) >= 11 is 0. The van der Waals surface area contributed by atoms with E-state index >= 15 is 0 Å². The fourth-order valence-corrected chi connectivity index (χ4v) is 4.29. The van der Waals surface area contributed by atoms with Gasteiger partial charge in [0, 0.05) is 12.6 Å². The summed E-state index contributed by atoms with van der Waals surface area (Å²) in [6, 6.07) is 0.219. The summed E-state index contributed by atoms with van der Waals surface area (Å²) in [5, 5.41) is 2.99. The zero-order chi connectivity index (χ0) is 13.2. The van der Waals surface area contributed by atoms with Crippen molar-refractivity contribution in [1.82, 2.24) is 9.62 Å². The maximum absolute atomic E-state index is 11.9. The molecule has 0 aromatic rings. The predicted molar refractivity (Wildman–Crippen MR) is 69.5 cm³/mol. The summed E-state index contributed by atoms with van der Waals surface area (Å²) in [5.41, 5.74) is 0. The third-order valence-corrected chi connectivity index (χ3v) is 5.88. The minimum Gasteiger partial charge on any atom is -0.352 e. The molecule has 1 amide bonds. The molecular weight excluding hydrogens is 252 g/mol. The van der Waals surface area contributed by atoms with Gasteiger partial charge in [0.25, 0.3) is 0 Å². The van der Waals surface area contributed by atoms with Gasteiger partial charge in [0.05, 0.1) is 12.3 Å². The highest BCUT2D eigenvalue weighted by Crippen LogP contribution is 2.23. The molecule has 0 bridgehead atoms. The first-order valence-electron chi connectivity index (χ1n) is 6.76. The van der Waals surface area contributed by atoms with Crippen molar-refractivity contribution in [1.29, 1.82) is 0 Å². The first kappa shape index (κ1) is 13.8. The Hall–Kier alpha value is -0.620. The van der Waals surface area contributed by atoms with Crippen LogP contribution in [0.4, 0.5) is 0 Å². The number of nitrogens with zero attached hydrogens (tertiary/aromatic N) is 1. The molecule has 18 heavy (non-hydrogen) atoms. The molecule has 2 fully saturated rings. The Kier molecular flexibility index (Phi) is 4.27. The fourth-order valence-electron chi connectivity index (χ4n) is 2.81. The summed E-state index contributed by atoms with van der Waals surface area (Å²) in [7, 11) is -3.16. The summed E-state index contributed by atoms with van der Waals surface area (Å²) in [6.07, 6.45) is 5.17. The topological polar surface area (TPSA) is 66.5 Å². The van der Waals surface area contributed by atoms with E-state index in [9.17, 15) is 13.2 Å². The molecule has 1 saturated heterocycles. The molecule has 2 aliphatic rings. The number of hydrogen-bond acceptors (Lipinski definition) is 3. The van der Waals surface area contributed by atoms with Crippen LogP contribution in [0.2, 0.25) is 0 Å². The molecule has 5 nitrogen and oxygen atoms in total. The van der Waals surface area contributed by atoms with Crippen molar-refractivity contribution >= 4 is 15.9 Å². The van der Waals surface area contributed by atoms with E-state index < -0.39 is 10.0 Å². The molecule has 2 rings (SSSR count). The summed E-state index contributed by atoms with van der Waals surface area (Å²) < 4.78 is 24.5. The van der Waals surface area contributed by atoms with Crippen LogP contribution in [-0.4, -0.2) is 43.5 Å². The Bertz CT molecular complexity index is 408. The average molecular weight is 274 g/mol. The molecule has 2 atom stereocenters. The van der Waals surface area contributed by atoms with Crippen LogP contribution in [0.1, 0.15) is 39.0 Å². The maximum atomic E-state index is 11.9. The second-order valence-electron chi connectivity index (χ2n) is 5.44. The molecule has 1 heterocycles. The van der Waals surface area contributed by atoms with Gasteiger partial charge in [-0.25, -0.2) is 8.42 Å². The number of carbonyl (C=O) groups is 1. The van der Waals surface area contributed by atoms with Gasteiger partial charge in [-0.05, 0) is 25.2 Å². The lowest BCUT2D eigenvalue weighted by molar-refractivity contribution is -0.122. The zero-order valence-corrected chi connectivity index (χ0v) is 11.7. The van der Waals surface area contributed by atoms with Gasteiger partial charge in [0.15, 0.2) is 0 Å². The Morgan fingerprint density at radius 1 is 1.28 bits per heavy atom. The van der Waals surface area contributed by atoms with E-state index in [1.807, 2.05) is 0 Å². The maximum Gasteiger partial charge on any atom is 0.235 e. The molecule has 0 radical (unpaired) electrons. The average Bonchev–Trinajstić information content (AvgIpc) is 2.62. The highest BCUT2D eigenvalue weighted by molar-refractivity contribution is 7.89. The fraction of sp³-hybridized carbons (Fsp3) is 0.917. The van der Waals surface area contributed by atoms with Crippen LogP contribution in [0.5, 0.6) is 0 Å². The number of carbonyl (C=O) groups excluding carboxylic acids is 1. The standard InChI is InChI=1S/C12H22N2O3S/c1-10-5-2-3-6-11(10)13-12(15)9-14-7-4-8-18(14,16)17/h10-11H,2-9H2,1H3,(H,13,15). The van der Waals surface area contributed by atoms with Gasteiger partial charge in [-0.1, -0.05) is 19.8 Å². The monoisotopic (exact) mass is 274 g/mol. The Labute approximate surface area is 109 Å². The van der Waals surface area contributed by atoms with Crippen molar-refractivity contribution in [3.8, 4) is 0 Å². The lowest BCUT2D eigenvalue weighted by Gasteiger charge is -2.30. The molecule has 0 aromatic heterocycles. The van der Waals surface area contributed by atoms with Crippen LogP contribution >= 0.6 is 0 Å². The number of amides is 1. The first-order valence-corrected chi connectivity index (χ1v) is 8.37. The number of rotatable bonds is 3. The highest BCUT2D eigenvalue weighted by Gasteiger charge is 2.31. The van der Waals surface area contributed by atoms with E-state index in [1.54, 1.807) is 0 Å². The van der Waals surface area contributed by atoms with Crippen molar-refractivity contribution in [3.05, 3.63) is 0 Å². The van der Waals surface area contributed by atoms with Gasteiger partial charge in [-0.15, -0.1) is 0 Å². The van der Waals surface area contributed by atoms with E-state index in [4.69, 9.17) is 0 Å². The molecule has 104 valence electrons. The Balaban J connectivity index is 1.85. The van der Waals surface area contributed by atoms with Gasteiger partial charge >= 0.3 is 0 Å². The SMILES string of the molecule is CC1CCCCC1NC(=O)CN1CCCS1(=O)=O. The number of nitrogens with one attached hydrogen (secondary N) is 1. The molecule has 1 N–H and O–H groups in total. The van der Waals surface area contributed by atoms with Crippen molar-refractivity contribution in [3.63, 3.8) is 0 Å². The van der Waals surface area contributed by atoms with E-state index in [0.717, 1.165) is 19.3 Å². The lowest BCUT2D eigenvalue weighted by atomic mass is 9.86. The summed E-state index contributed by atoms with van der Waals surface area (Å²) in [6.45, 7) is 2.62. The van der Waals surface area contributed by atoms with Crippen LogP contribution < -0.4 is 5.32 Å². The molecule has 2 unspecified atom stereocenters. The zero-order valence-electron chi connectivity index (χ0n) is 10.9. The third-order valence-electron chi connectivity index (χ3n) is 3.98. The minimum atomic E-state index is -3.16. The molecular formula is C12H22N2O3S. The summed E-state index contributed by atoms with van der Waals surface area (Å²) in [4.78, 5) is 11.9. The van der Waals surface area contributed by atoms with Crippen molar-refractivity contribution in [2.45, 2.75) is 45.1 Å². The predicted octanol–water partition coefficient (Wildman–Crippen LogP) is 0.717.